The maximum Gasteiger partial charge on any atom is 0.222 e. The normalized spacial score (nSPS) is 11.0. The van der Waals surface area contributed by atoms with Gasteiger partial charge in [0.05, 0.1) is 0 Å². The first-order valence-electron chi connectivity index (χ1n) is 6.51. The highest BCUT2D eigenvalue weighted by Gasteiger charge is 2.10. The summed E-state index contributed by atoms with van der Waals surface area (Å²) in [6.45, 7) is 3.89. The summed E-state index contributed by atoms with van der Waals surface area (Å²) in [5.74, 6) is 1.88. The predicted octanol–water partition coefficient (Wildman–Crippen LogP) is 1.70. The number of carbonyl (C=O) groups is 1. The Balaban J connectivity index is 1.99. The van der Waals surface area contributed by atoms with Crippen molar-refractivity contribution in [3.8, 4) is 0 Å². The van der Waals surface area contributed by atoms with Crippen LogP contribution in [-0.4, -0.2) is 50.2 Å². The fraction of sp³-hybridized carbons (Fsp3) is 0.538. The molecule has 0 aromatic carbocycles. The first-order valence-corrected chi connectivity index (χ1v) is 7.50. The van der Waals surface area contributed by atoms with Crippen LogP contribution in [0.3, 0.4) is 0 Å². The van der Waals surface area contributed by atoms with Crippen molar-refractivity contribution in [1.29, 1.82) is 0 Å². The van der Waals surface area contributed by atoms with Crippen LogP contribution in [0.1, 0.15) is 24.4 Å². The number of fused-ring (bicyclic) bond motifs is 1. The van der Waals surface area contributed by atoms with Gasteiger partial charge in [0.25, 0.3) is 0 Å². The summed E-state index contributed by atoms with van der Waals surface area (Å²) in [7, 11) is 3.55. The Morgan fingerprint density at radius 2 is 2.10 bits per heavy atom. The second-order valence-corrected chi connectivity index (χ2v) is 5.92. The number of carbonyl (C=O) groups excluding carboxylic acids is 1. The molecule has 0 unspecified atom stereocenters. The van der Waals surface area contributed by atoms with Crippen LogP contribution < -0.4 is 0 Å². The molecule has 0 saturated heterocycles. The molecule has 0 atom stereocenters. The highest BCUT2D eigenvalue weighted by molar-refractivity contribution is 7.99. The van der Waals surface area contributed by atoms with Crippen molar-refractivity contribution in [3.63, 3.8) is 0 Å². The fourth-order valence-electron chi connectivity index (χ4n) is 1.91. The molecule has 2 heterocycles. The number of amides is 1. The van der Waals surface area contributed by atoms with E-state index in [0.717, 1.165) is 34.5 Å². The summed E-state index contributed by atoms with van der Waals surface area (Å²) in [6.07, 6.45) is 1.39. The molecule has 2 aromatic rings. The van der Waals surface area contributed by atoms with Crippen molar-refractivity contribution in [2.24, 2.45) is 0 Å². The van der Waals surface area contributed by atoms with Gasteiger partial charge in [0, 0.05) is 38.0 Å². The van der Waals surface area contributed by atoms with E-state index in [1.54, 1.807) is 30.8 Å². The minimum Gasteiger partial charge on any atom is -0.349 e. The monoisotopic (exact) mass is 293 g/mol. The molecule has 2 rings (SSSR count). The molecular weight excluding hydrogens is 274 g/mol. The zero-order valence-electron chi connectivity index (χ0n) is 12.3. The Kier molecular flexibility index (Phi) is 4.59. The van der Waals surface area contributed by atoms with Gasteiger partial charge < -0.3 is 4.90 Å². The van der Waals surface area contributed by atoms with Crippen molar-refractivity contribution < 1.29 is 4.79 Å². The lowest BCUT2D eigenvalue weighted by Crippen LogP contribution is -2.21. The number of thioether (sulfide) groups is 1. The summed E-state index contributed by atoms with van der Waals surface area (Å²) in [5.41, 5.74) is 1.76. The molecule has 0 aliphatic heterocycles. The van der Waals surface area contributed by atoms with Gasteiger partial charge in [-0.05, 0) is 20.3 Å². The van der Waals surface area contributed by atoms with Crippen molar-refractivity contribution in [3.05, 3.63) is 17.6 Å². The molecule has 20 heavy (non-hydrogen) atoms. The van der Waals surface area contributed by atoms with E-state index in [4.69, 9.17) is 0 Å². The maximum atomic E-state index is 11.5. The Hall–Kier alpha value is -1.63. The van der Waals surface area contributed by atoms with Crippen LogP contribution in [-0.2, 0) is 4.79 Å². The molecule has 7 heteroatoms. The topological polar surface area (TPSA) is 63.4 Å². The van der Waals surface area contributed by atoms with E-state index in [1.165, 1.54) is 0 Å². The van der Waals surface area contributed by atoms with Crippen molar-refractivity contribution in [1.82, 2.24) is 24.5 Å². The zero-order valence-corrected chi connectivity index (χ0v) is 13.1. The van der Waals surface area contributed by atoms with Gasteiger partial charge >= 0.3 is 0 Å². The number of hydrogen-bond donors (Lipinski definition) is 0. The first kappa shape index (κ1) is 14.8. The van der Waals surface area contributed by atoms with Crippen molar-refractivity contribution in [2.75, 3.05) is 19.8 Å². The predicted molar refractivity (Wildman–Crippen MR) is 78.9 cm³/mol. The Bertz CT molecular complexity index is 622. The van der Waals surface area contributed by atoms with Gasteiger partial charge in [-0.2, -0.15) is 0 Å². The van der Waals surface area contributed by atoms with E-state index in [1.807, 2.05) is 24.3 Å². The lowest BCUT2D eigenvalue weighted by atomic mass is 10.3. The summed E-state index contributed by atoms with van der Waals surface area (Å²) < 4.78 is 1.95. The van der Waals surface area contributed by atoms with Crippen LogP contribution in [0.4, 0.5) is 0 Å². The van der Waals surface area contributed by atoms with E-state index in [-0.39, 0.29) is 5.91 Å². The van der Waals surface area contributed by atoms with Crippen molar-refractivity contribution in [2.45, 2.75) is 31.8 Å². The average molecular weight is 293 g/mol. The van der Waals surface area contributed by atoms with E-state index >= 15 is 0 Å². The molecular formula is C13H19N5OS. The lowest BCUT2D eigenvalue weighted by Gasteiger charge is -2.09. The number of rotatable bonds is 5. The zero-order chi connectivity index (χ0) is 14.7. The van der Waals surface area contributed by atoms with Gasteiger partial charge in [0.15, 0.2) is 10.8 Å². The van der Waals surface area contributed by atoms with Gasteiger partial charge in [0.2, 0.25) is 5.91 Å². The first-order chi connectivity index (χ1) is 9.49. The molecule has 0 aliphatic rings. The molecule has 0 saturated carbocycles. The molecule has 0 radical (unpaired) electrons. The molecule has 2 aromatic heterocycles. The molecule has 0 bridgehead atoms. The highest BCUT2D eigenvalue weighted by atomic mass is 32.2. The fourth-order valence-corrected chi connectivity index (χ4v) is 2.83. The summed E-state index contributed by atoms with van der Waals surface area (Å²) in [4.78, 5) is 17.5. The standard InChI is InChI=1S/C13H19N5OS/c1-9-8-11-15-16-13(18(11)10(2)14-9)20-7-5-6-12(19)17(3)4/h8H,5-7H2,1-4H3. The van der Waals surface area contributed by atoms with Gasteiger partial charge in [-0.15, -0.1) is 10.2 Å². The van der Waals surface area contributed by atoms with E-state index < -0.39 is 0 Å². The Morgan fingerprint density at radius 1 is 1.35 bits per heavy atom. The number of aryl methyl sites for hydroxylation is 2. The molecule has 6 nitrogen and oxygen atoms in total. The molecule has 0 spiro atoms. The van der Waals surface area contributed by atoms with Crippen LogP contribution in [0.15, 0.2) is 11.2 Å². The number of nitrogens with zero attached hydrogens (tertiary/aromatic N) is 5. The summed E-state index contributed by atoms with van der Waals surface area (Å²) in [5, 5.41) is 9.18. The van der Waals surface area contributed by atoms with Gasteiger partial charge in [-0.1, -0.05) is 11.8 Å². The van der Waals surface area contributed by atoms with Gasteiger partial charge in [-0.25, -0.2) is 4.98 Å². The summed E-state index contributed by atoms with van der Waals surface area (Å²) >= 11 is 1.61. The van der Waals surface area contributed by atoms with E-state index in [2.05, 4.69) is 15.2 Å². The van der Waals surface area contributed by atoms with E-state index in [0.29, 0.717) is 6.42 Å². The molecule has 108 valence electrons. The minimum absolute atomic E-state index is 0.158. The van der Waals surface area contributed by atoms with Gasteiger partial charge in [0.1, 0.15) is 5.82 Å². The lowest BCUT2D eigenvalue weighted by molar-refractivity contribution is -0.128. The number of hydrogen-bond acceptors (Lipinski definition) is 5. The van der Waals surface area contributed by atoms with Crippen LogP contribution >= 0.6 is 11.8 Å². The van der Waals surface area contributed by atoms with Crippen LogP contribution in [0, 0.1) is 13.8 Å². The van der Waals surface area contributed by atoms with Crippen LogP contribution in [0.2, 0.25) is 0 Å². The second-order valence-electron chi connectivity index (χ2n) is 4.86. The smallest absolute Gasteiger partial charge is 0.222 e. The van der Waals surface area contributed by atoms with Crippen LogP contribution in [0.5, 0.6) is 0 Å². The molecule has 0 N–H and O–H groups in total. The largest absolute Gasteiger partial charge is 0.349 e. The third-order valence-corrected chi connectivity index (χ3v) is 3.94. The van der Waals surface area contributed by atoms with Crippen molar-refractivity contribution >= 4 is 23.3 Å². The van der Waals surface area contributed by atoms with Gasteiger partial charge in [-0.3, -0.25) is 9.20 Å². The average Bonchev–Trinajstić information content (AvgIpc) is 2.77. The maximum absolute atomic E-state index is 11.5. The number of aromatic nitrogens is 4. The third-order valence-electron chi connectivity index (χ3n) is 2.92. The summed E-state index contributed by atoms with van der Waals surface area (Å²) in [6, 6.07) is 1.92. The van der Waals surface area contributed by atoms with E-state index in [9.17, 15) is 4.79 Å². The second kappa shape index (κ2) is 6.21. The minimum atomic E-state index is 0.158. The molecule has 1 amide bonds. The Labute approximate surface area is 122 Å². The SMILES string of the molecule is Cc1cc2nnc(SCCCC(=O)N(C)C)n2c(C)n1. The Morgan fingerprint density at radius 3 is 2.80 bits per heavy atom. The third kappa shape index (κ3) is 3.27. The molecule has 0 aliphatic carbocycles. The van der Waals surface area contributed by atoms with Crippen LogP contribution in [0.25, 0.3) is 5.65 Å². The quantitative estimate of drug-likeness (QED) is 0.620. The highest BCUT2D eigenvalue weighted by Crippen LogP contribution is 2.19. The molecule has 0 fully saturated rings.